The van der Waals surface area contributed by atoms with E-state index < -0.39 is 0 Å². The highest BCUT2D eigenvalue weighted by atomic mass is 16.5. The summed E-state index contributed by atoms with van der Waals surface area (Å²) in [6.07, 6.45) is 3.78. The Bertz CT molecular complexity index is 484. The highest BCUT2D eigenvalue weighted by Gasteiger charge is 2.32. The van der Waals surface area contributed by atoms with Crippen LogP contribution in [-0.4, -0.2) is 100 Å². The molecule has 8 heteroatoms. The number of guanidine groups is 1. The summed E-state index contributed by atoms with van der Waals surface area (Å²) >= 11 is 0. The zero-order valence-electron chi connectivity index (χ0n) is 17.4. The lowest BCUT2D eigenvalue weighted by atomic mass is 9.94. The molecule has 8 nitrogen and oxygen atoms in total. The Morgan fingerprint density at radius 3 is 2.52 bits per heavy atom. The number of rotatable bonds is 7. The van der Waals surface area contributed by atoms with Gasteiger partial charge in [-0.1, -0.05) is 0 Å². The Balaban J connectivity index is 1.84. The van der Waals surface area contributed by atoms with E-state index in [1.165, 1.54) is 0 Å². The number of likely N-dealkylation sites (N-methyl/N-ethyl adjacent to an activating group) is 1. The lowest BCUT2D eigenvalue weighted by molar-refractivity contribution is -0.130. The van der Waals surface area contributed by atoms with Crippen LogP contribution in [0.3, 0.4) is 0 Å². The molecule has 2 heterocycles. The molecule has 0 saturated carbocycles. The number of methoxy groups -OCH3 is 1. The highest BCUT2D eigenvalue weighted by molar-refractivity contribution is 5.80. The Labute approximate surface area is 163 Å². The second-order valence-electron chi connectivity index (χ2n) is 7.68. The van der Waals surface area contributed by atoms with Crippen molar-refractivity contribution in [3.8, 4) is 0 Å². The molecule has 2 rings (SSSR count). The molecule has 0 spiro atoms. The fourth-order valence-electron chi connectivity index (χ4n) is 3.47. The van der Waals surface area contributed by atoms with Gasteiger partial charge in [-0.3, -0.25) is 14.7 Å². The molecule has 156 valence electrons. The Morgan fingerprint density at radius 2 is 1.96 bits per heavy atom. The molecule has 1 amide bonds. The molecule has 0 unspecified atom stereocenters. The van der Waals surface area contributed by atoms with Gasteiger partial charge >= 0.3 is 0 Å². The first kappa shape index (κ1) is 21.9. The van der Waals surface area contributed by atoms with Gasteiger partial charge in [-0.05, 0) is 19.8 Å². The van der Waals surface area contributed by atoms with E-state index in [1.54, 1.807) is 26.1 Å². The number of likely N-dealkylation sites (tertiary alicyclic amines) is 1. The summed E-state index contributed by atoms with van der Waals surface area (Å²) in [6, 6.07) is 0.377. The zero-order valence-corrected chi connectivity index (χ0v) is 17.4. The minimum Gasteiger partial charge on any atom is -0.381 e. The van der Waals surface area contributed by atoms with Crippen LogP contribution in [0.25, 0.3) is 0 Å². The van der Waals surface area contributed by atoms with Crippen LogP contribution in [0.2, 0.25) is 0 Å². The van der Waals surface area contributed by atoms with Crippen LogP contribution in [0.4, 0.5) is 0 Å². The quantitative estimate of drug-likeness (QED) is 0.486. The summed E-state index contributed by atoms with van der Waals surface area (Å²) in [5.41, 5.74) is -0.212. The first-order valence-corrected chi connectivity index (χ1v) is 10.1. The van der Waals surface area contributed by atoms with Crippen molar-refractivity contribution < 1.29 is 14.3 Å². The third kappa shape index (κ3) is 6.93. The summed E-state index contributed by atoms with van der Waals surface area (Å²) < 4.78 is 11.2. The summed E-state index contributed by atoms with van der Waals surface area (Å²) in [7, 11) is 5.38. The number of nitrogens with one attached hydrogen (secondary N) is 2. The Hall–Kier alpha value is -1.38. The monoisotopic (exact) mass is 383 g/mol. The Morgan fingerprint density at radius 1 is 1.30 bits per heavy atom. The van der Waals surface area contributed by atoms with Gasteiger partial charge in [-0.15, -0.1) is 0 Å². The van der Waals surface area contributed by atoms with Crippen LogP contribution in [-0.2, 0) is 14.3 Å². The van der Waals surface area contributed by atoms with Gasteiger partial charge in [0.25, 0.3) is 0 Å². The van der Waals surface area contributed by atoms with Crippen LogP contribution in [0.5, 0.6) is 0 Å². The molecule has 0 atom stereocenters. The van der Waals surface area contributed by atoms with E-state index in [-0.39, 0.29) is 11.5 Å². The van der Waals surface area contributed by atoms with E-state index in [9.17, 15) is 4.79 Å². The predicted octanol–water partition coefficient (Wildman–Crippen LogP) is 0.290. The smallest absolute Gasteiger partial charge is 0.236 e. The molecular formula is C19H37N5O3. The number of amides is 1. The van der Waals surface area contributed by atoms with Crippen LogP contribution in [0.15, 0.2) is 4.99 Å². The molecule has 0 bridgehead atoms. The Kier molecular flexibility index (Phi) is 8.79. The molecule has 0 aromatic rings. The van der Waals surface area contributed by atoms with Crippen molar-refractivity contribution in [2.45, 2.75) is 44.2 Å². The van der Waals surface area contributed by atoms with Gasteiger partial charge in [-0.25, -0.2) is 0 Å². The average Bonchev–Trinajstić information content (AvgIpc) is 2.68. The molecule has 2 fully saturated rings. The van der Waals surface area contributed by atoms with Crippen molar-refractivity contribution >= 4 is 11.9 Å². The number of piperidine rings is 1. The molecule has 0 aromatic carbocycles. The second-order valence-corrected chi connectivity index (χ2v) is 7.68. The molecule has 27 heavy (non-hydrogen) atoms. The van der Waals surface area contributed by atoms with Crippen molar-refractivity contribution in [1.29, 1.82) is 0 Å². The van der Waals surface area contributed by atoms with Crippen LogP contribution < -0.4 is 10.6 Å². The summed E-state index contributed by atoms with van der Waals surface area (Å²) in [5, 5.41) is 6.91. The van der Waals surface area contributed by atoms with E-state index >= 15 is 0 Å². The van der Waals surface area contributed by atoms with E-state index in [0.29, 0.717) is 19.1 Å². The number of carbonyl (C=O) groups excluding carboxylic acids is 1. The maximum Gasteiger partial charge on any atom is 0.236 e. The summed E-state index contributed by atoms with van der Waals surface area (Å²) in [5.74, 6) is 1.01. The van der Waals surface area contributed by atoms with Crippen molar-refractivity contribution in [2.75, 3.05) is 67.1 Å². The van der Waals surface area contributed by atoms with Crippen molar-refractivity contribution in [3.05, 3.63) is 0 Å². The van der Waals surface area contributed by atoms with Gasteiger partial charge in [0.05, 0.1) is 18.7 Å². The summed E-state index contributed by atoms with van der Waals surface area (Å²) in [4.78, 5) is 20.6. The van der Waals surface area contributed by atoms with Gasteiger partial charge in [0, 0.05) is 72.9 Å². The molecular weight excluding hydrogens is 346 g/mol. The van der Waals surface area contributed by atoms with E-state index in [0.717, 1.165) is 64.5 Å². The minimum absolute atomic E-state index is 0.164. The van der Waals surface area contributed by atoms with Crippen molar-refractivity contribution in [2.24, 2.45) is 4.99 Å². The third-order valence-electron chi connectivity index (χ3n) is 5.49. The number of ether oxygens (including phenoxy) is 2. The van der Waals surface area contributed by atoms with Crippen LogP contribution >= 0.6 is 0 Å². The summed E-state index contributed by atoms with van der Waals surface area (Å²) in [6.45, 7) is 7.36. The highest BCUT2D eigenvalue weighted by Crippen LogP contribution is 2.24. The van der Waals surface area contributed by atoms with Gasteiger partial charge in [-0.2, -0.15) is 0 Å². The topological polar surface area (TPSA) is 78.4 Å². The lowest BCUT2D eigenvalue weighted by Gasteiger charge is -2.35. The molecule has 2 N–H and O–H groups in total. The molecule has 0 aliphatic carbocycles. The number of carbonyl (C=O) groups is 1. The van der Waals surface area contributed by atoms with Crippen LogP contribution in [0.1, 0.15) is 32.6 Å². The first-order valence-electron chi connectivity index (χ1n) is 10.1. The van der Waals surface area contributed by atoms with Crippen molar-refractivity contribution in [1.82, 2.24) is 20.4 Å². The number of nitrogens with zero attached hydrogens (tertiary/aromatic N) is 3. The third-order valence-corrected chi connectivity index (χ3v) is 5.49. The molecule has 2 aliphatic rings. The maximum absolute atomic E-state index is 11.9. The van der Waals surface area contributed by atoms with E-state index in [2.05, 4.69) is 22.5 Å². The molecule has 0 aromatic heterocycles. The largest absolute Gasteiger partial charge is 0.381 e. The number of hydrogen-bond donors (Lipinski definition) is 2. The van der Waals surface area contributed by atoms with Gasteiger partial charge in [0.1, 0.15) is 0 Å². The number of hydrogen-bond acceptors (Lipinski definition) is 5. The molecule has 2 saturated heterocycles. The van der Waals surface area contributed by atoms with Gasteiger partial charge < -0.3 is 25.0 Å². The van der Waals surface area contributed by atoms with E-state index in [4.69, 9.17) is 14.5 Å². The standard InChI is InChI=1S/C19H37N5O3/c1-5-20-18(21-15-19(26-4)8-12-27-13-9-19)22-16-6-10-24(11-7-16)14-17(25)23(2)3/h16H,5-15H2,1-4H3,(H2,20,21,22). The van der Waals surface area contributed by atoms with Crippen molar-refractivity contribution in [3.63, 3.8) is 0 Å². The van der Waals surface area contributed by atoms with Crippen LogP contribution in [0, 0.1) is 0 Å². The SMILES string of the molecule is CCNC(=NCC1(OC)CCOCC1)NC1CCN(CC(=O)N(C)C)CC1. The van der Waals surface area contributed by atoms with E-state index in [1.807, 2.05) is 0 Å². The minimum atomic E-state index is -0.212. The molecule has 0 radical (unpaired) electrons. The predicted molar refractivity (Wildman–Crippen MR) is 107 cm³/mol. The normalized spacial score (nSPS) is 21.7. The number of aliphatic imine (C=N–C) groups is 1. The lowest BCUT2D eigenvalue weighted by Crippen LogP contribution is -2.50. The first-order chi connectivity index (χ1) is 13.0. The average molecular weight is 384 g/mol. The fraction of sp³-hybridized carbons (Fsp3) is 0.895. The second kappa shape index (κ2) is 10.8. The maximum atomic E-state index is 11.9. The van der Waals surface area contributed by atoms with Gasteiger partial charge in [0.2, 0.25) is 5.91 Å². The van der Waals surface area contributed by atoms with Gasteiger partial charge in [0.15, 0.2) is 5.96 Å². The zero-order chi connectivity index (χ0) is 19.7. The fourth-order valence-corrected chi connectivity index (χ4v) is 3.47. The molecule has 2 aliphatic heterocycles.